The third-order valence-corrected chi connectivity index (χ3v) is 5.17. The molecule has 1 N–H and O–H groups in total. The number of nitrogens with zero attached hydrogens (tertiary/aromatic N) is 4. The van der Waals surface area contributed by atoms with Crippen LogP contribution in [0.5, 0.6) is 0 Å². The summed E-state index contributed by atoms with van der Waals surface area (Å²) in [6, 6.07) is 7.95. The van der Waals surface area contributed by atoms with Crippen molar-refractivity contribution < 1.29 is 4.79 Å². The Morgan fingerprint density at radius 3 is 2.28 bits per heavy atom. The van der Waals surface area contributed by atoms with Crippen molar-refractivity contribution in [2.75, 3.05) is 36.4 Å². The molecule has 3 rings (SSSR count). The van der Waals surface area contributed by atoms with Gasteiger partial charge in [-0.25, -0.2) is 4.79 Å². The summed E-state index contributed by atoms with van der Waals surface area (Å²) >= 11 is 7.13. The van der Waals surface area contributed by atoms with E-state index in [-0.39, 0.29) is 11.4 Å². The molecule has 0 radical (unpaired) electrons. The first kappa shape index (κ1) is 17.9. The Morgan fingerprint density at radius 2 is 1.76 bits per heavy atom. The molecule has 1 aromatic heterocycles. The summed E-state index contributed by atoms with van der Waals surface area (Å²) < 4.78 is 8.20. The Morgan fingerprint density at radius 1 is 1.12 bits per heavy atom. The number of rotatable bonds is 2. The standard InChI is InChI=1S/C17H22ClN5OS/c1-17(2,3)12-4-6-13(7-5-12)19-16(24)23-10-8-22(9-11-23)15-14(18)20-25-21-15/h4-7H,8-11H2,1-3H3,(H,19,24). The second kappa shape index (κ2) is 7.17. The van der Waals surface area contributed by atoms with E-state index >= 15 is 0 Å². The van der Waals surface area contributed by atoms with Gasteiger partial charge in [-0.3, -0.25) is 0 Å². The largest absolute Gasteiger partial charge is 0.350 e. The number of hydrogen-bond donors (Lipinski definition) is 1. The fourth-order valence-corrected chi connectivity index (χ4v) is 3.52. The zero-order valence-electron chi connectivity index (χ0n) is 14.6. The molecular formula is C17H22ClN5OS. The Balaban J connectivity index is 1.55. The lowest BCUT2D eigenvalue weighted by Gasteiger charge is -2.34. The first-order valence-corrected chi connectivity index (χ1v) is 9.35. The van der Waals surface area contributed by atoms with Crippen LogP contribution in [0.25, 0.3) is 0 Å². The molecule has 6 nitrogen and oxygen atoms in total. The van der Waals surface area contributed by atoms with Crippen LogP contribution in [0.2, 0.25) is 5.15 Å². The second-order valence-electron chi connectivity index (χ2n) is 7.11. The Kier molecular flexibility index (Phi) is 5.15. The lowest BCUT2D eigenvalue weighted by molar-refractivity contribution is 0.208. The van der Waals surface area contributed by atoms with Gasteiger partial charge in [-0.2, -0.15) is 8.75 Å². The highest BCUT2D eigenvalue weighted by atomic mass is 35.5. The van der Waals surface area contributed by atoms with E-state index in [4.69, 9.17) is 11.6 Å². The topological polar surface area (TPSA) is 61.4 Å². The second-order valence-corrected chi connectivity index (χ2v) is 8.00. The van der Waals surface area contributed by atoms with Crippen LogP contribution in [0.4, 0.5) is 16.3 Å². The minimum atomic E-state index is -0.0781. The van der Waals surface area contributed by atoms with Crippen molar-refractivity contribution in [1.82, 2.24) is 13.6 Å². The van der Waals surface area contributed by atoms with Gasteiger partial charge in [-0.15, -0.1) is 0 Å². The summed E-state index contributed by atoms with van der Waals surface area (Å²) in [7, 11) is 0. The molecule has 2 aromatic rings. The smallest absolute Gasteiger partial charge is 0.321 e. The van der Waals surface area contributed by atoms with Gasteiger partial charge in [0.25, 0.3) is 0 Å². The van der Waals surface area contributed by atoms with Crippen LogP contribution in [0, 0.1) is 0 Å². The normalized spacial score (nSPS) is 15.4. The molecule has 1 aromatic carbocycles. The first-order valence-electron chi connectivity index (χ1n) is 8.24. The molecule has 0 atom stereocenters. The van der Waals surface area contributed by atoms with E-state index < -0.39 is 0 Å². The third kappa shape index (κ3) is 4.22. The zero-order chi connectivity index (χ0) is 18.0. The number of nitrogens with one attached hydrogen (secondary N) is 1. The molecule has 0 bridgehead atoms. The molecule has 2 heterocycles. The third-order valence-electron chi connectivity index (χ3n) is 4.30. The Labute approximate surface area is 157 Å². The first-order chi connectivity index (χ1) is 11.8. The number of benzene rings is 1. The van der Waals surface area contributed by atoms with Crippen LogP contribution in [-0.2, 0) is 5.41 Å². The van der Waals surface area contributed by atoms with E-state index in [1.165, 1.54) is 5.56 Å². The summed E-state index contributed by atoms with van der Waals surface area (Å²) in [5.41, 5.74) is 2.16. The van der Waals surface area contributed by atoms with Gasteiger partial charge < -0.3 is 15.1 Å². The molecule has 1 aliphatic heterocycles. The predicted molar refractivity (Wildman–Crippen MR) is 103 cm³/mol. The molecule has 1 fully saturated rings. The zero-order valence-corrected chi connectivity index (χ0v) is 16.2. The van der Waals surface area contributed by atoms with Crippen LogP contribution in [0.15, 0.2) is 24.3 Å². The number of carbonyl (C=O) groups excluding carboxylic acids is 1. The molecule has 0 spiro atoms. The highest BCUT2D eigenvalue weighted by molar-refractivity contribution is 6.99. The summed E-state index contributed by atoms with van der Waals surface area (Å²) in [6.45, 7) is 9.15. The molecule has 2 amide bonds. The maximum absolute atomic E-state index is 12.5. The van der Waals surface area contributed by atoms with Crippen molar-refractivity contribution in [1.29, 1.82) is 0 Å². The monoisotopic (exact) mass is 379 g/mol. The molecule has 8 heteroatoms. The van der Waals surface area contributed by atoms with Crippen LogP contribution in [0.3, 0.4) is 0 Å². The quantitative estimate of drug-likeness (QED) is 0.861. The average molecular weight is 380 g/mol. The van der Waals surface area contributed by atoms with Crippen LogP contribution in [-0.4, -0.2) is 45.9 Å². The van der Waals surface area contributed by atoms with Crippen molar-refractivity contribution in [3.8, 4) is 0 Å². The van der Waals surface area contributed by atoms with E-state index in [1.807, 2.05) is 17.0 Å². The van der Waals surface area contributed by atoms with Crippen molar-refractivity contribution >= 4 is 40.9 Å². The fourth-order valence-electron chi connectivity index (χ4n) is 2.74. The molecule has 0 unspecified atom stereocenters. The molecule has 0 saturated carbocycles. The van der Waals surface area contributed by atoms with E-state index in [9.17, 15) is 4.79 Å². The Bertz CT molecular complexity index is 732. The minimum absolute atomic E-state index is 0.0781. The summed E-state index contributed by atoms with van der Waals surface area (Å²) in [5, 5.41) is 3.40. The van der Waals surface area contributed by atoms with Gasteiger partial charge in [0.2, 0.25) is 0 Å². The van der Waals surface area contributed by atoms with E-state index in [0.29, 0.717) is 37.1 Å². The number of urea groups is 1. The highest BCUT2D eigenvalue weighted by Crippen LogP contribution is 2.25. The van der Waals surface area contributed by atoms with Crippen LogP contribution >= 0.6 is 23.3 Å². The summed E-state index contributed by atoms with van der Waals surface area (Å²) in [4.78, 5) is 16.3. The van der Waals surface area contributed by atoms with Gasteiger partial charge in [0.15, 0.2) is 11.0 Å². The highest BCUT2D eigenvalue weighted by Gasteiger charge is 2.24. The van der Waals surface area contributed by atoms with Crippen LogP contribution < -0.4 is 10.2 Å². The van der Waals surface area contributed by atoms with E-state index in [0.717, 1.165) is 17.4 Å². The number of piperazine rings is 1. The Hall–Kier alpha value is -1.86. The molecule has 1 saturated heterocycles. The number of hydrogen-bond acceptors (Lipinski definition) is 5. The number of anilines is 2. The summed E-state index contributed by atoms with van der Waals surface area (Å²) in [5.74, 6) is 0.712. The van der Waals surface area contributed by atoms with Gasteiger partial charge in [-0.1, -0.05) is 44.5 Å². The predicted octanol–water partition coefficient (Wildman–Crippen LogP) is 3.84. The number of carbonyl (C=O) groups is 1. The van der Waals surface area contributed by atoms with Crippen molar-refractivity contribution in [2.24, 2.45) is 0 Å². The molecule has 1 aliphatic rings. The molecule has 134 valence electrons. The SMILES string of the molecule is CC(C)(C)c1ccc(NC(=O)N2CCN(c3nsnc3Cl)CC2)cc1. The van der Waals surface area contributed by atoms with Gasteiger partial charge in [0.1, 0.15) is 0 Å². The van der Waals surface area contributed by atoms with Gasteiger partial charge in [0.05, 0.1) is 11.7 Å². The maximum atomic E-state index is 12.5. The minimum Gasteiger partial charge on any atom is -0.350 e. The van der Waals surface area contributed by atoms with Gasteiger partial charge in [0, 0.05) is 31.9 Å². The fraction of sp³-hybridized carbons (Fsp3) is 0.471. The average Bonchev–Trinajstić information content (AvgIpc) is 3.01. The lowest BCUT2D eigenvalue weighted by atomic mass is 9.87. The number of amides is 2. The van der Waals surface area contributed by atoms with Gasteiger partial charge >= 0.3 is 6.03 Å². The number of aromatic nitrogens is 2. The van der Waals surface area contributed by atoms with Crippen molar-refractivity contribution in [2.45, 2.75) is 26.2 Å². The van der Waals surface area contributed by atoms with Gasteiger partial charge in [-0.05, 0) is 23.1 Å². The van der Waals surface area contributed by atoms with Crippen LogP contribution in [0.1, 0.15) is 26.3 Å². The lowest BCUT2D eigenvalue weighted by Crippen LogP contribution is -2.50. The number of halogens is 1. The van der Waals surface area contributed by atoms with Crippen molar-refractivity contribution in [3.63, 3.8) is 0 Å². The van der Waals surface area contributed by atoms with E-state index in [2.05, 4.69) is 51.9 Å². The van der Waals surface area contributed by atoms with E-state index in [1.54, 1.807) is 0 Å². The van der Waals surface area contributed by atoms with Crippen molar-refractivity contribution in [3.05, 3.63) is 35.0 Å². The molecular weight excluding hydrogens is 358 g/mol. The summed E-state index contributed by atoms with van der Waals surface area (Å²) in [6.07, 6.45) is 0. The molecule has 0 aliphatic carbocycles. The maximum Gasteiger partial charge on any atom is 0.321 e. The molecule has 25 heavy (non-hydrogen) atoms.